The van der Waals surface area contributed by atoms with Crippen molar-refractivity contribution in [2.24, 2.45) is 5.92 Å². The number of hydrogen-bond donors (Lipinski definition) is 2. The maximum Gasteiger partial charge on any atom is 0.227 e. The van der Waals surface area contributed by atoms with Crippen molar-refractivity contribution in [3.63, 3.8) is 0 Å². The Balaban J connectivity index is 1.49. The van der Waals surface area contributed by atoms with Crippen LogP contribution in [0, 0.1) is 5.92 Å². The summed E-state index contributed by atoms with van der Waals surface area (Å²) in [6, 6.07) is 24.9. The third-order valence-electron chi connectivity index (χ3n) is 4.60. The van der Waals surface area contributed by atoms with E-state index < -0.39 is 0 Å². The van der Waals surface area contributed by atoms with E-state index in [0.717, 1.165) is 16.9 Å². The van der Waals surface area contributed by atoms with E-state index in [1.54, 1.807) is 24.3 Å². The summed E-state index contributed by atoms with van der Waals surface area (Å²) in [5.74, 6) is 0.914. The Hall–Kier alpha value is -3.60. The summed E-state index contributed by atoms with van der Waals surface area (Å²) in [5.41, 5.74) is 3.46. The van der Waals surface area contributed by atoms with Crippen molar-refractivity contribution >= 4 is 23.2 Å². The SMILES string of the molecule is CC(C)CC(=O)Nc1ccc(NC(=O)CCOc2ccccc2-c2ccccc2)cc1. The van der Waals surface area contributed by atoms with Crippen molar-refractivity contribution in [1.82, 2.24) is 0 Å². The molecule has 0 bridgehead atoms. The molecule has 0 aliphatic rings. The molecule has 2 amide bonds. The Kier molecular flexibility index (Phi) is 7.82. The van der Waals surface area contributed by atoms with E-state index in [9.17, 15) is 9.59 Å². The van der Waals surface area contributed by atoms with Crippen molar-refractivity contribution in [1.29, 1.82) is 0 Å². The van der Waals surface area contributed by atoms with Gasteiger partial charge in [0.25, 0.3) is 0 Å². The fourth-order valence-corrected chi connectivity index (χ4v) is 3.15. The molecule has 0 aliphatic carbocycles. The number of carbonyl (C=O) groups is 2. The first-order valence-corrected chi connectivity index (χ1v) is 10.5. The monoisotopic (exact) mass is 416 g/mol. The van der Waals surface area contributed by atoms with E-state index in [1.165, 1.54) is 0 Å². The molecular weight excluding hydrogens is 388 g/mol. The topological polar surface area (TPSA) is 67.4 Å². The Morgan fingerprint density at radius 2 is 1.35 bits per heavy atom. The predicted octanol–water partition coefficient (Wildman–Crippen LogP) is 5.75. The lowest BCUT2D eigenvalue weighted by Gasteiger charge is -2.12. The molecule has 0 radical (unpaired) electrons. The fourth-order valence-electron chi connectivity index (χ4n) is 3.15. The Labute approximate surface area is 183 Å². The quantitative estimate of drug-likeness (QED) is 0.467. The van der Waals surface area contributed by atoms with E-state index >= 15 is 0 Å². The minimum absolute atomic E-state index is 0.0141. The molecule has 3 aromatic rings. The smallest absolute Gasteiger partial charge is 0.227 e. The predicted molar refractivity (Wildman–Crippen MR) is 125 cm³/mol. The van der Waals surface area contributed by atoms with Crippen molar-refractivity contribution in [2.75, 3.05) is 17.2 Å². The van der Waals surface area contributed by atoms with Crippen LogP contribution in [-0.2, 0) is 9.59 Å². The van der Waals surface area contributed by atoms with Gasteiger partial charge < -0.3 is 15.4 Å². The van der Waals surface area contributed by atoms with E-state index in [1.807, 2.05) is 68.4 Å². The summed E-state index contributed by atoms with van der Waals surface area (Å²) in [7, 11) is 0. The van der Waals surface area contributed by atoms with Gasteiger partial charge in [-0.1, -0.05) is 62.4 Å². The number of amides is 2. The lowest BCUT2D eigenvalue weighted by atomic mass is 10.1. The molecule has 5 heteroatoms. The lowest BCUT2D eigenvalue weighted by molar-refractivity contribution is -0.117. The first kappa shape index (κ1) is 22.1. The summed E-state index contributed by atoms with van der Waals surface area (Å²) in [6.45, 7) is 4.28. The summed E-state index contributed by atoms with van der Waals surface area (Å²) >= 11 is 0. The molecule has 0 atom stereocenters. The molecule has 0 fully saturated rings. The Morgan fingerprint density at radius 3 is 2.00 bits per heavy atom. The summed E-state index contributed by atoms with van der Waals surface area (Å²) < 4.78 is 5.89. The molecule has 160 valence electrons. The molecule has 31 heavy (non-hydrogen) atoms. The minimum Gasteiger partial charge on any atom is -0.492 e. The van der Waals surface area contributed by atoms with Crippen LogP contribution in [0.4, 0.5) is 11.4 Å². The third-order valence-corrected chi connectivity index (χ3v) is 4.60. The molecule has 0 aromatic heterocycles. The highest BCUT2D eigenvalue weighted by atomic mass is 16.5. The molecule has 0 saturated heterocycles. The summed E-state index contributed by atoms with van der Waals surface area (Å²) in [6.07, 6.45) is 0.710. The first-order chi connectivity index (χ1) is 15.0. The molecule has 0 unspecified atom stereocenters. The van der Waals surface area contributed by atoms with Gasteiger partial charge in [0.15, 0.2) is 0 Å². The van der Waals surface area contributed by atoms with Crippen molar-refractivity contribution in [2.45, 2.75) is 26.7 Å². The van der Waals surface area contributed by atoms with Gasteiger partial charge in [0.1, 0.15) is 5.75 Å². The van der Waals surface area contributed by atoms with Crippen molar-refractivity contribution in [3.8, 4) is 16.9 Å². The van der Waals surface area contributed by atoms with Gasteiger partial charge in [-0.3, -0.25) is 9.59 Å². The summed E-state index contributed by atoms with van der Waals surface area (Å²) in [4.78, 5) is 24.1. The van der Waals surface area contributed by atoms with E-state index in [4.69, 9.17) is 4.74 Å². The fraction of sp³-hybridized carbons (Fsp3) is 0.231. The Bertz CT molecular complexity index is 999. The number of carbonyl (C=O) groups excluding carboxylic acids is 2. The highest BCUT2D eigenvalue weighted by Crippen LogP contribution is 2.29. The average Bonchev–Trinajstić information content (AvgIpc) is 2.75. The Morgan fingerprint density at radius 1 is 0.774 bits per heavy atom. The van der Waals surface area contributed by atoms with E-state index in [2.05, 4.69) is 10.6 Å². The number of benzene rings is 3. The van der Waals surface area contributed by atoms with Crippen LogP contribution >= 0.6 is 0 Å². The van der Waals surface area contributed by atoms with Gasteiger partial charge in [-0.15, -0.1) is 0 Å². The molecule has 2 N–H and O–H groups in total. The van der Waals surface area contributed by atoms with E-state index in [0.29, 0.717) is 23.7 Å². The number of nitrogens with one attached hydrogen (secondary N) is 2. The highest BCUT2D eigenvalue weighted by molar-refractivity contribution is 5.93. The second kappa shape index (κ2) is 11.0. The van der Waals surface area contributed by atoms with Crippen molar-refractivity contribution in [3.05, 3.63) is 78.9 Å². The number of anilines is 2. The zero-order valence-corrected chi connectivity index (χ0v) is 17.9. The van der Waals surface area contributed by atoms with Crippen LogP contribution in [0.1, 0.15) is 26.7 Å². The molecule has 0 spiro atoms. The van der Waals surface area contributed by atoms with Gasteiger partial charge in [-0.25, -0.2) is 0 Å². The van der Waals surface area contributed by atoms with Gasteiger partial charge in [-0.2, -0.15) is 0 Å². The van der Waals surface area contributed by atoms with Gasteiger partial charge >= 0.3 is 0 Å². The van der Waals surface area contributed by atoms with Crippen LogP contribution in [-0.4, -0.2) is 18.4 Å². The number of hydrogen-bond acceptors (Lipinski definition) is 3. The van der Waals surface area contributed by atoms with Gasteiger partial charge in [0.05, 0.1) is 13.0 Å². The van der Waals surface area contributed by atoms with Crippen molar-refractivity contribution < 1.29 is 14.3 Å². The zero-order valence-electron chi connectivity index (χ0n) is 17.9. The molecule has 0 aliphatic heterocycles. The minimum atomic E-state index is -0.131. The van der Waals surface area contributed by atoms with Crippen LogP contribution in [0.5, 0.6) is 5.75 Å². The number of ether oxygens (including phenoxy) is 1. The second-order valence-corrected chi connectivity index (χ2v) is 7.73. The molecule has 0 heterocycles. The van der Waals surface area contributed by atoms with Crippen LogP contribution in [0.3, 0.4) is 0 Å². The highest BCUT2D eigenvalue weighted by Gasteiger charge is 2.08. The van der Waals surface area contributed by atoms with Crippen LogP contribution in [0.15, 0.2) is 78.9 Å². The maximum atomic E-state index is 12.3. The molecule has 3 rings (SSSR count). The van der Waals surface area contributed by atoms with Crippen LogP contribution in [0.2, 0.25) is 0 Å². The average molecular weight is 417 g/mol. The van der Waals surface area contributed by atoms with E-state index in [-0.39, 0.29) is 24.8 Å². The number of para-hydroxylation sites is 1. The first-order valence-electron chi connectivity index (χ1n) is 10.5. The zero-order chi connectivity index (χ0) is 22.1. The van der Waals surface area contributed by atoms with Crippen LogP contribution in [0.25, 0.3) is 11.1 Å². The molecule has 0 saturated carbocycles. The largest absolute Gasteiger partial charge is 0.492 e. The number of rotatable bonds is 9. The van der Waals surface area contributed by atoms with Gasteiger partial charge in [0, 0.05) is 23.4 Å². The second-order valence-electron chi connectivity index (χ2n) is 7.73. The summed E-state index contributed by atoms with van der Waals surface area (Å²) in [5, 5.41) is 5.71. The molecular formula is C26H28N2O3. The molecule has 5 nitrogen and oxygen atoms in total. The molecule has 3 aromatic carbocycles. The van der Waals surface area contributed by atoms with Gasteiger partial charge in [0.2, 0.25) is 11.8 Å². The van der Waals surface area contributed by atoms with Crippen LogP contribution < -0.4 is 15.4 Å². The lowest BCUT2D eigenvalue weighted by Crippen LogP contribution is -2.16. The maximum absolute atomic E-state index is 12.3. The third kappa shape index (κ3) is 7.00. The normalized spacial score (nSPS) is 10.5. The standard InChI is InChI=1S/C26H28N2O3/c1-19(2)18-26(30)28-22-14-12-21(13-15-22)27-25(29)16-17-31-24-11-7-6-10-23(24)20-8-4-3-5-9-20/h3-15,19H,16-18H2,1-2H3,(H,27,29)(H,28,30). The van der Waals surface area contributed by atoms with Gasteiger partial charge in [-0.05, 0) is 41.8 Å².